The Hall–Kier alpha value is -2.29. The summed E-state index contributed by atoms with van der Waals surface area (Å²) in [6, 6.07) is 9.22. The van der Waals surface area contributed by atoms with Crippen molar-refractivity contribution in [2.45, 2.75) is 37.4 Å². The fourth-order valence-corrected chi connectivity index (χ4v) is 3.06. The minimum atomic E-state index is -4.41. The predicted octanol–water partition coefficient (Wildman–Crippen LogP) is 4.64. The summed E-state index contributed by atoms with van der Waals surface area (Å²) < 4.78 is 43.3. The molecule has 0 fully saturated rings. The van der Waals surface area contributed by atoms with Crippen LogP contribution in [0, 0.1) is 0 Å². The number of carbonyl (C=O) groups is 1. The summed E-state index contributed by atoms with van der Waals surface area (Å²) in [4.78, 5) is 10.8. The predicted molar refractivity (Wildman–Crippen MR) is 102 cm³/mol. The Morgan fingerprint density at radius 2 is 1.72 bits per heavy atom. The highest BCUT2D eigenvalue weighted by atomic mass is 35.5. The van der Waals surface area contributed by atoms with Gasteiger partial charge in [0.2, 0.25) is 0 Å². The first kappa shape index (κ1) is 23.0. The van der Waals surface area contributed by atoms with Crippen LogP contribution >= 0.6 is 11.6 Å². The Bertz CT molecular complexity index is 843. The maximum Gasteiger partial charge on any atom is 0.416 e. The van der Waals surface area contributed by atoms with Crippen molar-refractivity contribution in [1.29, 1.82) is 0 Å². The van der Waals surface area contributed by atoms with E-state index < -0.39 is 29.9 Å². The van der Waals surface area contributed by atoms with Crippen LogP contribution in [0.15, 0.2) is 42.5 Å². The standard InChI is InChI=1S/C20H21ClF3NO4/c21-17-10-16(29-15-7-4-14(5-8-15)20(22,23)24)6-3-13(17)2-1-9-19(25,12-26)11-18(27)28/h3-8,10,26H,1-2,9,11-12,25H2,(H,27,28). The second-order valence-corrected chi connectivity index (χ2v) is 7.23. The minimum Gasteiger partial charge on any atom is -0.481 e. The van der Waals surface area contributed by atoms with Gasteiger partial charge in [0.1, 0.15) is 11.5 Å². The number of aliphatic hydroxyl groups excluding tert-OH is 1. The average molecular weight is 432 g/mol. The highest BCUT2D eigenvalue weighted by Gasteiger charge is 2.30. The van der Waals surface area contributed by atoms with Gasteiger partial charge in [-0.05, 0) is 61.2 Å². The third-order valence-corrected chi connectivity index (χ3v) is 4.73. The average Bonchev–Trinajstić information content (AvgIpc) is 2.62. The highest BCUT2D eigenvalue weighted by molar-refractivity contribution is 6.31. The SMILES string of the molecule is NC(CO)(CCCc1ccc(Oc2ccc(C(F)(F)F)cc2)cc1Cl)CC(=O)O. The first-order valence-corrected chi connectivity index (χ1v) is 9.15. The van der Waals surface area contributed by atoms with Crippen molar-refractivity contribution in [1.82, 2.24) is 0 Å². The fraction of sp³-hybridized carbons (Fsp3) is 0.350. The van der Waals surface area contributed by atoms with Crippen molar-refractivity contribution < 1.29 is 32.9 Å². The molecule has 0 heterocycles. The van der Waals surface area contributed by atoms with Gasteiger partial charge < -0.3 is 20.7 Å². The summed E-state index contributed by atoms with van der Waals surface area (Å²) in [5.41, 5.74) is 4.72. The first-order valence-electron chi connectivity index (χ1n) is 8.77. The van der Waals surface area contributed by atoms with Gasteiger partial charge in [-0.2, -0.15) is 13.2 Å². The van der Waals surface area contributed by atoms with Crippen LogP contribution in [0.5, 0.6) is 11.5 Å². The van der Waals surface area contributed by atoms with Crippen molar-refractivity contribution in [2.75, 3.05) is 6.61 Å². The Morgan fingerprint density at radius 3 is 2.24 bits per heavy atom. The van der Waals surface area contributed by atoms with Gasteiger partial charge in [-0.1, -0.05) is 17.7 Å². The molecule has 0 spiro atoms. The number of halogens is 4. The Morgan fingerprint density at radius 1 is 1.10 bits per heavy atom. The molecule has 29 heavy (non-hydrogen) atoms. The van der Waals surface area contributed by atoms with Crippen LogP contribution in [-0.4, -0.2) is 28.3 Å². The topological polar surface area (TPSA) is 92.8 Å². The van der Waals surface area contributed by atoms with E-state index in [-0.39, 0.29) is 12.2 Å². The molecule has 1 unspecified atom stereocenters. The number of aryl methyl sites for hydroxylation is 1. The van der Waals surface area contributed by atoms with Crippen LogP contribution in [0.3, 0.4) is 0 Å². The monoisotopic (exact) mass is 431 g/mol. The normalized spacial score (nSPS) is 13.7. The van der Waals surface area contributed by atoms with Gasteiger partial charge in [-0.15, -0.1) is 0 Å². The molecule has 0 saturated carbocycles. The lowest BCUT2D eigenvalue weighted by molar-refractivity contribution is -0.139. The van der Waals surface area contributed by atoms with Gasteiger partial charge in [0.05, 0.1) is 18.6 Å². The van der Waals surface area contributed by atoms with Crippen LogP contribution in [0.2, 0.25) is 5.02 Å². The zero-order valence-corrected chi connectivity index (χ0v) is 16.1. The number of carboxylic acids is 1. The minimum absolute atomic E-state index is 0.242. The Labute approximate surface area is 170 Å². The first-order chi connectivity index (χ1) is 13.5. The van der Waals surface area contributed by atoms with E-state index in [0.29, 0.717) is 30.0 Å². The van der Waals surface area contributed by atoms with E-state index in [1.54, 1.807) is 18.2 Å². The summed E-state index contributed by atoms with van der Waals surface area (Å²) >= 11 is 6.25. The number of ether oxygens (including phenoxy) is 1. The quantitative estimate of drug-likeness (QED) is 0.538. The third kappa shape index (κ3) is 6.92. The maximum atomic E-state index is 12.6. The lowest BCUT2D eigenvalue weighted by atomic mass is 9.90. The molecule has 0 aliphatic rings. The van der Waals surface area contributed by atoms with E-state index >= 15 is 0 Å². The molecule has 0 aliphatic carbocycles. The van der Waals surface area contributed by atoms with Crippen LogP contribution in [0.25, 0.3) is 0 Å². The number of aliphatic carboxylic acids is 1. The summed E-state index contributed by atoms with van der Waals surface area (Å²) in [5.74, 6) is -0.469. The van der Waals surface area contributed by atoms with Crippen molar-refractivity contribution in [2.24, 2.45) is 5.73 Å². The number of aliphatic hydroxyl groups is 1. The molecule has 5 nitrogen and oxygen atoms in total. The lowest BCUT2D eigenvalue weighted by Gasteiger charge is -2.25. The zero-order valence-electron chi connectivity index (χ0n) is 15.4. The van der Waals surface area contributed by atoms with E-state index in [2.05, 4.69) is 0 Å². The van der Waals surface area contributed by atoms with Crippen molar-refractivity contribution in [3.63, 3.8) is 0 Å². The molecule has 0 aromatic heterocycles. The number of hydrogen-bond acceptors (Lipinski definition) is 4. The van der Waals surface area contributed by atoms with Gasteiger partial charge in [0.25, 0.3) is 0 Å². The summed E-state index contributed by atoms with van der Waals surface area (Å²) in [6.07, 6.45) is -3.42. The largest absolute Gasteiger partial charge is 0.481 e. The number of nitrogens with two attached hydrogens (primary N) is 1. The van der Waals surface area contributed by atoms with E-state index in [9.17, 15) is 23.1 Å². The summed E-state index contributed by atoms with van der Waals surface area (Å²) in [7, 11) is 0. The molecule has 0 bridgehead atoms. The zero-order chi connectivity index (χ0) is 21.7. The van der Waals surface area contributed by atoms with Crippen molar-refractivity contribution in [3.05, 3.63) is 58.6 Å². The van der Waals surface area contributed by atoms with Crippen molar-refractivity contribution >= 4 is 17.6 Å². The number of rotatable bonds is 9. The summed E-state index contributed by atoms with van der Waals surface area (Å²) in [6.45, 7) is -0.438. The van der Waals surface area contributed by atoms with Gasteiger partial charge in [-0.25, -0.2) is 0 Å². The van der Waals surface area contributed by atoms with Gasteiger partial charge in [0, 0.05) is 10.6 Å². The molecular formula is C20H21ClF3NO4. The molecular weight excluding hydrogens is 411 g/mol. The molecule has 2 rings (SSSR count). The molecule has 1 atom stereocenters. The van der Waals surface area contributed by atoms with E-state index in [0.717, 1.165) is 17.7 Å². The highest BCUT2D eigenvalue weighted by Crippen LogP contribution is 2.32. The summed E-state index contributed by atoms with van der Waals surface area (Å²) in [5, 5.41) is 18.6. The second-order valence-electron chi connectivity index (χ2n) is 6.82. The van der Waals surface area contributed by atoms with Gasteiger partial charge in [-0.3, -0.25) is 4.79 Å². The molecule has 2 aromatic carbocycles. The van der Waals surface area contributed by atoms with Crippen LogP contribution in [-0.2, 0) is 17.4 Å². The molecule has 0 amide bonds. The molecule has 4 N–H and O–H groups in total. The molecule has 0 saturated heterocycles. The Kier molecular flexibility index (Phi) is 7.51. The van der Waals surface area contributed by atoms with E-state index in [1.165, 1.54) is 12.1 Å². The molecule has 0 aliphatic heterocycles. The van der Waals surface area contributed by atoms with Gasteiger partial charge >= 0.3 is 12.1 Å². The number of alkyl halides is 3. The van der Waals surface area contributed by atoms with Gasteiger partial charge in [0.15, 0.2) is 0 Å². The van der Waals surface area contributed by atoms with E-state index in [4.69, 9.17) is 27.2 Å². The van der Waals surface area contributed by atoms with E-state index in [1.807, 2.05) is 0 Å². The number of benzene rings is 2. The number of hydrogen-bond donors (Lipinski definition) is 3. The molecule has 158 valence electrons. The lowest BCUT2D eigenvalue weighted by Crippen LogP contribution is -2.45. The van der Waals surface area contributed by atoms with Crippen molar-refractivity contribution in [3.8, 4) is 11.5 Å². The van der Waals surface area contributed by atoms with Crippen LogP contribution < -0.4 is 10.5 Å². The third-order valence-electron chi connectivity index (χ3n) is 4.38. The van der Waals surface area contributed by atoms with Crippen LogP contribution in [0.1, 0.15) is 30.4 Å². The maximum absolute atomic E-state index is 12.6. The smallest absolute Gasteiger partial charge is 0.416 e. The number of carboxylic acid groups (broad SMARTS) is 1. The van der Waals surface area contributed by atoms with Crippen LogP contribution in [0.4, 0.5) is 13.2 Å². The fourth-order valence-electron chi connectivity index (χ4n) is 2.80. The molecule has 9 heteroatoms. The second kappa shape index (κ2) is 9.47. The molecule has 0 radical (unpaired) electrons. The Balaban J connectivity index is 1.97. The molecule has 2 aromatic rings.